The molecule has 0 aliphatic heterocycles. The van der Waals surface area contributed by atoms with Crippen molar-refractivity contribution in [2.75, 3.05) is 6.61 Å². The first-order chi connectivity index (χ1) is 6.29. The molecular formula is C10H21F2NO. The summed E-state index contributed by atoms with van der Waals surface area (Å²) in [5, 5.41) is 11.7. The van der Waals surface area contributed by atoms with Crippen molar-refractivity contribution in [2.45, 2.75) is 52.6 Å². The summed E-state index contributed by atoms with van der Waals surface area (Å²) >= 11 is 0. The summed E-state index contributed by atoms with van der Waals surface area (Å²) in [5.74, 6) is 0. The topological polar surface area (TPSA) is 32.3 Å². The van der Waals surface area contributed by atoms with Crippen molar-refractivity contribution >= 4 is 0 Å². The number of nitrogens with one attached hydrogen (secondary N) is 1. The number of alkyl halides is 2. The van der Waals surface area contributed by atoms with Gasteiger partial charge in [-0.2, -0.15) is 0 Å². The zero-order valence-electron chi connectivity index (χ0n) is 9.35. The van der Waals surface area contributed by atoms with Crippen molar-refractivity contribution in [1.29, 1.82) is 0 Å². The van der Waals surface area contributed by atoms with Crippen LogP contribution in [0.3, 0.4) is 0 Å². The normalized spacial score (nSPS) is 17.1. The summed E-state index contributed by atoms with van der Waals surface area (Å²) in [6, 6.07) is -0.915. The summed E-state index contributed by atoms with van der Waals surface area (Å²) in [4.78, 5) is 0. The molecule has 2 N–H and O–H groups in total. The van der Waals surface area contributed by atoms with Crippen LogP contribution in [0.5, 0.6) is 0 Å². The van der Waals surface area contributed by atoms with E-state index in [1.54, 1.807) is 0 Å². The fourth-order valence-electron chi connectivity index (χ4n) is 1.29. The van der Waals surface area contributed by atoms with Gasteiger partial charge in [0.1, 0.15) is 0 Å². The molecule has 0 radical (unpaired) electrons. The highest BCUT2D eigenvalue weighted by molar-refractivity contribution is 4.83. The van der Waals surface area contributed by atoms with Crippen LogP contribution in [-0.2, 0) is 0 Å². The monoisotopic (exact) mass is 209 g/mol. The van der Waals surface area contributed by atoms with Crippen molar-refractivity contribution in [3.63, 3.8) is 0 Å². The number of halogens is 2. The highest BCUT2D eigenvalue weighted by Crippen LogP contribution is 2.22. The molecule has 0 aromatic carbocycles. The van der Waals surface area contributed by atoms with Gasteiger partial charge in [0.05, 0.1) is 6.04 Å². The van der Waals surface area contributed by atoms with E-state index >= 15 is 0 Å². The van der Waals surface area contributed by atoms with Gasteiger partial charge in [0, 0.05) is 12.6 Å². The molecule has 2 atom stereocenters. The maximum Gasteiger partial charge on any atom is 0.253 e. The largest absolute Gasteiger partial charge is 0.396 e. The van der Waals surface area contributed by atoms with Crippen LogP contribution in [0.2, 0.25) is 0 Å². The van der Waals surface area contributed by atoms with E-state index in [4.69, 9.17) is 5.11 Å². The molecule has 2 unspecified atom stereocenters. The highest BCUT2D eigenvalue weighted by atomic mass is 19.3. The molecule has 0 heterocycles. The first-order valence-corrected chi connectivity index (χ1v) is 4.94. The van der Waals surface area contributed by atoms with E-state index in [1.165, 1.54) is 6.92 Å². The maximum atomic E-state index is 12.3. The Morgan fingerprint density at radius 2 is 1.79 bits per heavy atom. The lowest BCUT2D eigenvalue weighted by Gasteiger charge is -2.33. The molecule has 0 saturated heterocycles. The SMILES string of the molecule is CC(NC(CCO)C(C)(C)C)C(F)F. The third-order valence-electron chi connectivity index (χ3n) is 2.31. The molecule has 0 aromatic heterocycles. The van der Waals surface area contributed by atoms with E-state index in [-0.39, 0.29) is 18.1 Å². The molecular weight excluding hydrogens is 188 g/mol. The Labute approximate surface area is 84.7 Å². The van der Waals surface area contributed by atoms with Gasteiger partial charge in [0.15, 0.2) is 0 Å². The van der Waals surface area contributed by atoms with Gasteiger partial charge < -0.3 is 10.4 Å². The number of aliphatic hydroxyl groups excluding tert-OH is 1. The van der Waals surface area contributed by atoms with Gasteiger partial charge in [-0.3, -0.25) is 0 Å². The molecule has 0 saturated carbocycles. The molecule has 0 amide bonds. The predicted octanol–water partition coefficient (Wildman–Crippen LogP) is 2.03. The predicted molar refractivity (Wildman–Crippen MR) is 53.5 cm³/mol. The lowest BCUT2D eigenvalue weighted by Crippen LogP contribution is -2.47. The second kappa shape index (κ2) is 5.61. The molecule has 0 bridgehead atoms. The molecule has 14 heavy (non-hydrogen) atoms. The highest BCUT2D eigenvalue weighted by Gasteiger charge is 2.27. The van der Waals surface area contributed by atoms with Crippen LogP contribution in [-0.4, -0.2) is 30.2 Å². The Balaban J connectivity index is 4.23. The van der Waals surface area contributed by atoms with Crippen molar-refractivity contribution in [3.8, 4) is 0 Å². The molecule has 0 aliphatic rings. The summed E-state index contributed by atoms with van der Waals surface area (Å²) in [6.45, 7) is 7.39. The lowest BCUT2D eigenvalue weighted by molar-refractivity contribution is 0.0818. The van der Waals surface area contributed by atoms with Crippen LogP contribution < -0.4 is 5.32 Å². The minimum atomic E-state index is -2.36. The average molecular weight is 209 g/mol. The second-order valence-electron chi connectivity index (χ2n) is 4.72. The smallest absolute Gasteiger partial charge is 0.253 e. The van der Waals surface area contributed by atoms with Gasteiger partial charge in [-0.25, -0.2) is 8.78 Å². The number of aliphatic hydroxyl groups is 1. The Morgan fingerprint density at radius 3 is 2.07 bits per heavy atom. The zero-order chi connectivity index (χ0) is 11.4. The van der Waals surface area contributed by atoms with E-state index in [1.807, 2.05) is 20.8 Å². The van der Waals surface area contributed by atoms with Gasteiger partial charge in [0.25, 0.3) is 6.43 Å². The van der Waals surface area contributed by atoms with Gasteiger partial charge >= 0.3 is 0 Å². The molecule has 86 valence electrons. The van der Waals surface area contributed by atoms with Gasteiger partial charge in [-0.15, -0.1) is 0 Å². The molecule has 4 heteroatoms. The number of rotatable bonds is 5. The maximum absolute atomic E-state index is 12.3. The van der Waals surface area contributed by atoms with Crippen molar-refractivity contribution in [3.05, 3.63) is 0 Å². The van der Waals surface area contributed by atoms with Gasteiger partial charge in [0.2, 0.25) is 0 Å². The van der Waals surface area contributed by atoms with Gasteiger partial charge in [-0.05, 0) is 18.8 Å². The molecule has 0 aromatic rings. The third-order valence-corrected chi connectivity index (χ3v) is 2.31. The van der Waals surface area contributed by atoms with Crippen LogP contribution in [0.4, 0.5) is 8.78 Å². The van der Waals surface area contributed by atoms with Crippen molar-refractivity contribution in [2.24, 2.45) is 5.41 Å². The van der Waals surface area contributed by atoms with Gasteiger partial charge in [-0.1, -0.05) is 20.8 Å². The standard InChI is InChI=1S/C10H21F2NO/c1-7(9(11)12)13-8(5-6-14)10(2,3)4/h7-9,13-14H,5-6H2,1-4H3. The van der Waals surface area contributed by atoms with E-state index in [0.717, 1.165) is 0 Å². The van der Waals surface area contributed by atoms with Crippen LogP contribution in [0.25, 0.3) is 0 Å². The second-order valence-corrected chi connectivity index (χ2v) is 4.72. The summed E-state index contributed by atoms with van der Waals surface area (Å²) < 4.78 is 24.6. The molecule has 0 rings (SSSR count). The van der Waals surface area contributed by atoms with Crippen LogP contribution in [0, 0.1) is 5.41 Å². The lowest BCUT2D eigenvalue weighted by atomic mass is 9.84. The average Bonchev–Trinajstić information content (AvgIpc) is 2.01. The third kappa shape index (κ3) is 4.86. The first kappa shape index (κ1) is 13.8. The fourth-order valence-corrected chi connectivity index (χ4v) is 1.29. The van der Waals surface area contributed by atoms with Crippen molar-refractivity contribution < 1.29 is 13.9 Å². The molecule has 0 aliphatic carbocycles. The van der Waals surface area contributed by atoms with Crippen LogP contribution in [0.1, 0.15) is 34.1 Å². The summed E-state index contributed by atoms with van der Waals surface area (Å²) in [6.07, 6.45) is -1.86. The minimum absolute atomic E-state index is 0.0187. The Bertz CT molecular complexity index is 157. The van der Waals surface area contributed by atoms with E-state index in [0.29, 0.717) is 6.42 Å². The molecule has 2 nitrogen and oxygen atoms in total. The number of hydrogen-bond donors (Lipinski definition) is 2. The summed E-state index contributed by atoms with van der Waals surface area (Å²) in [7, 11) is 0. The Hall–Kier alpha value is -0.220. The summed E-state index contributed by atoms with van der Waals surface area (Å²) in [5.41, 5.74) is -0.119. The number of hydrogen-bond acceptors (Lipinski definition) is 2. The van der Waals surface area contributed by atoms with E-state index < -0.39 is 12.5 Å². The van der Waals surface area contributed by atoms with Crippen LogP contribution in [0.15, 0.2) is 0 Å². The fraction of sp³-hybridized carbons (Fsp3) is 1.00. The Kier molecular flexibility index (Phi) is 5.52. The van der Waals surface area contributed by atoms with Crippen molar-refractivity contribution in [1.82, 2.24) is 5.32 Å². The van der Waals surface area contributed by atoms with E-state index in [2.05, 4.69) is 5.32 Å². The minimum Gasteiger partial charge on any atom is -0.396 e. The Morgan fingerprint density at radius 1 is 1.29 bits per heavy atom. The molecule has 0 fully saturated rings. The quantitative estimate of drug-likeness (QED) is 0.726. The first-order valence-electron chi connectivity index (χ1n) is 4.94. The van der Waals surface area contributed by atoms with Crippen LogP contribution >= 0.6 is 0 Å². The van der Waals surface area contributed by atoms with E-state index in [9.17, 15) is 8.78 Å². The zero-order valence-corrected chi connectivity index (χ0v) is 9.35. The molecule has 0 spiro atoms.